The summed E-state index contributed by atoms with van der Waals surface area (Å²) in [7, 11) is 1.66. The summed E-state index contributed by atoms with van der Waals surface area (Å²) in [5, 5.41) is 3.01. The first kappa shape index (κ1) is 14.4. The van der Waals surface area contributed by atoms with Crippen molar-refractivity contribution in [2.75, 3.05) is 7.11 Å². The molecule has 110 valence electrons. The second-order valence-electron chi connectivity index (χ2n) is 5.25. The molecule has 3 aromatic rings. The van der Waals surface area contributed by atoms with Crippen molar-refractivity contribution in [1.29, 1.82) is 0 Å². The maximum atomic E-state index is 6.11. The molecule has 4 nitrogen and oxygen atoms in total. The fourth-order valence-electron chi connectivity index (χ4n) is 2.57. The smallest absolute Gasteiger partial charge is 0.125 e. The summed E-state index contributed by atoms with van der Waals surface area (Å²) in [6, 6.07) is 5.86. The molecule has 0 atom stereocenters. The molecule has 0 aliphatic rings. The standard InChI is InChI=1S/C15H16ClN3OS/c1-15(2,14-17-6-7-21-14)19-12-8-10(20-3)4-5-11(12)18-13(19)9-16/h4-8H,9H2,1-3H3. The lowest BCUT2D eigenvalue weighted by atomic mass is 10.1. The lowest BCUT2D eigenvalue weighted by Gasteiger charge is -2.27. The Bertz CT molecular complexity index is 765. The van der Waals surface area contributed by atoms with Crippen LogP contribution in [0.2, 0.25) is 0 Å². The zero-order valence-corrected chi connectivity index (χ0v) is 13.7. The van der Waals surface area contributed by atoms with Crippen LogP contribution in [0.15, 0.2) is 29.8 Å². The van der Waals surface area contributed by atoms with Gasteiger partial charge in [0.1, 0.15) is 16.6 Å². The van der Waals surface area contributed by atoms with Crippen LogP contribution in [0.5, 0.6) is 5.75 Å². The van der Waals surface area contributed by atoms with E-state index in [0.29, 0.717) is 5.88 Å². The molecular weight excluding hydrogens is 306 g/mol. The minimum absolute atomic E-state index is 0.320. The summed E-state index contributed by atoms with van der Waals surface area (Å²) in [6.45, 7) is 4.25. The minimum Gasteiger partial charge on any atom is -0.497 e. The van der Waals surface area contributed by atoms with E-state index >= 15 is 0 Å². The first-order chi connectivity index (χ1) is 10.1. The molecule has 0 aliphatic heterocycles. The molecule has 2 aromatic heterocycles. The van der Waals surface area contributed by atoms with Crippen LogP contribution in [0.4, 0.5) is 0 Å². The molecule has 0 fully saturated rings. The van der Waals surface area contributed by atoms with E-state index in [-0.39, 0.29) is 5.54 Å². The van der Waals surface area contributed by atoms with E-state index in [1.165, 1.54) is 0 Å². The molecule has 0 aliphatic carbocycles. The molecule has 0 bridgehead atoms. The fraction of sp³-hybridized carbons (Fsp3) is 0.333. The summed E-state index contributed by atoms with van der Waals surface area (Å²) in [5.74, 6) is 1.99. The fourth-order valence-corrected chi connectivity index (χ4v) is 3.50. The van der Waals surface area contributed by atoms with Gasteiger partial charge in [-0.25, -0.2) is 9.97 Å². The van der Waals surface area contributed by atoms with Gasteiger partial charge in [0, 0.05) is 17.6 Å². The summed E-state index contributed by atoms with van der Waals surface area (Å²) in [4.78, 5) is 9.10. The molecule has 0 N–H and O–H groups in total. The van der Waals surface area contributed by atoms with Gasteiger partial charge in [-0.3, -0.25) is 0 Å². The SMILES string of the molecule is COc1ccc2nc(CCl)n(C(C)(C)c3nccs3)c2c1. The van der Waals surface area contributed by atoms with Gasteiger partial charge >= 0.3 is 0 Å². The average molecular weight is 322 g/mol. The maximum Gasteiger partial charge on any atom is 0.125 e. The van der Waals surface area contributed by atoms with Gasteiger partial charge in [-0.1, -0.05) is 0 Å². The molecule has 21 heavy (non-hydrogen) atoms. The number of benzene rings is 1. The van der Waals surface area contributed by atoms with Crippen LogP contribution < -0.4 is 4.74 Å². The van der Waals surface area contributed by atoms with Gasteiger partial charge in [0.2, 0.25) is 0 Å². The normalized spacial score (nSPS) is 12.0. The van der Waals surface area contributed by atoms with Crippen molar-refractivity contribution in [2.45, 2.75) is 25.3 Å². The van der Waals surface area contributed by atoms with Crippen molar-refractivity contribution in [3.8, 4) is 5.75 Å². The van der Waals surface area contributed by atoms with E-state index in [0.717, 1.165) is 27.6 Å². The molecule has 0 saturated heterocycles. The number of ether oxygens (including phenoxy) is 1. The van der Waals surface area contributed by atoms with Gasteiger partial charge in [-0.15, -0.1) is 22.9 Å². The molecule has 3 rings (SSSR count). The van der Waals surface area contributed by atoms with Crippen LogP contribution in [-0.4, -0.2) is 21.6 Å². The predicted molar refractivity (Wildman–Crippen MR) is 86.4 cm³/mol. The second-order valence-corrected chi connectivity index (χ2v) is 6.41. The Morgan fingerprint density at radius 3 is 2.81 bits per heavy atom. The predicted octanol–water partition coefficient (Wildman–Crippen LogP) is 4.02. The van der Waals surface area contributed by atoms with E-state index in [1.54, 1.807) is 18.4 Å². The molecule has 0 spiro atoms. The Hall–Kier alpha value is -1.59. The van der Waals surface area contributed by atoms with Crippen molar-refractivity contribution < 1.29 is 4.74 Å². The third-order valence-corrected chi connectivity index (χ3v) is 4.89. The zero-order valence-electron chi connectivity index (χ0n) is 12.1. The van der Waals surface area contributed by atoms with Gasteiger partial charge < -0.3 is 9.30 Å². The van der Waals surface area contributed by atoms with E-state index < -0.39 is 0 Å². The number of nitrogens with zero attached hydrogens (tertiary/aromatic N) is 3. The molecule has 2 heterocycles. The first-order valence-corrected chi connectivity index (χ1v) is 8.01. The van der Waals surface area contributed by atoms with Crippen molar-refractivity contribution in [1.82, 2.24) is 14.5 Å². The van der Waals surface area contributed by atoms with Gasteiger partial charge in [0.15, 0.2) is 0 Å². The van der Waals surface area contributed by atoms with Crippen molar-refractivity contribution in [2.24, 2.45) is 0 Å². The summed E-state index contributed by atoms with van der Waals surface area (Å²) in [6.07, 6.45) is 1.82. The number of aromatic nitrogens is 3. The van der Waals surface area contributed by atoms with Crippen LogP contribution in [0.1, 0.15) is 24.7 Å². The molecule has 6 heteroatoms. The Labute approximate surface area is 132 Å². The minimum atomic E-state index is -0.320. The topological polar surface area (TPSA) is 39.9 Å². The van der Waals surface area contributed by atoms with Gasteiger partial charge in [-0.2, -0.15) is 0 Å². The number of hydrogen-bond donors (Lipinski definition) is 0. The van der Waals surface area contributed by atoms with Gasteiger partial charge in [0.05, 0.1) is 29.6 Å². The summed E-state index contributed by atoms with van der Waals surface area (Å²) in [5.41, 5.74) is 1.60. The number of rotatable bonds is 4. The third kappa shape index (κ3) is 2.30. The van der Waals surface area contributed by atoms with Crippen LogP contribution in [-0.2, 0) is 11.4 Å². The van der Waals surface area contributed by atoms with Crippen LogP contribution in [0.25, 0.3) is 11.0 Å². The van der Waals surface area contributed by atoms with Gasteiger partial charge in [-0.05, 0) is 26.0 Å². The zero-order chi connectivity index (χ0) is 15.0. The highest BCUT2D eigenvalue weighted by molar-refractivity contribution is 7.09. The highest BCUT2D eigenvalue weighted by atomic mass is 35.5. The van der Waals surface area contributed by atoms with E-state index in [2.05, 4.69) is 28.4 Å². The Kier molecular flexibility index (Phi) is 3.63. The number of methoxy groups -OCH3 is 1. The van der Waals surface area contributed by atoms with Crippen molar-refractivity contribution in [3.05, 3.63) is 40.6 Å². The van der Waals surface area contributed by atoms with E-state index in [9.17, 15) is 0 Å². The number of imidazole rings is 1. The maximum absolute atomic E-state index is 6.11. The van der Waals surface area contributed by atoms with Crippen molar-refractivity contribution in [3.63, 3.8) is 0 Å². The number of thiazole rings is 1. The van der Waals surface area contributed by atoms with E-state index in [4.69, 9.17) is 16.3 Å². The Morgan fingerprint density at radius 2 is 2.19 bits per heavy atom. The second kappa shape index (κ2) is 5.31. The first-order valence-electron chi connectivity index (χ1n) is 6.59. The highest BCUT2D eigenvalue weighted by Gasteiger charge is 2.30. The molecular formula is C15H16ClN3OS. The molecule has 0 amide bonds. The molecule has 0 radical (unpaired) electrons. The van der Waals surface area contributed by atoms with Crippen LogP contribution in [0, 0.1) is 0 Å². The van der Waals surface area contributed by atoms with E-state index in [1.807, 2.05) is 29.8 Å². The largest absolute Gasteiger partial charge is 0.497 e. The number of hydrogen-bond acceptors (Lipinski definition) is 4. The number of alkyl halides is 1. The molecule has 1 aromatic carbocycles. The lowest BCUT2D eigenvalue weighted by molar-refractivity contribution is 0.413. The monoisotopic (exact) mass is 321 g/mol. The third-order valence-electron chi connectivity index (χ3n) is 3.57. The number of fused-ring (bicyclic) bond motifs is 1. The highest BCUT2D eigenvalue weighted by Crippen LogP contribution is 2.34. The van der Waals surface area contributed by atoms with Crippen LogP contribution >= 0.6 is 22.9 Å². The lowest BCUT2D eigenvalue weighted by Crippen LogP contribution is -2.29. The van der Waals surface area contributed by atoms with Crippen molar-refractivity contribution >= 4 is 34.0 Å². The Balaban J connectivity index is 2.29. The summed E-state index contributed by atoms with van der Waals surface area (Å²) >= 11 is 7.74. The molecule has 0 saturated carbocycles. The van der Waals surface area contributed by atoms with Gasteiger partial charge in [0.25, 0.3) is 0 Å². The Morgan fingerprint density at radius 1 is 1.38 bits per heavy atom. The average Bonchev–Trinajstić information content (AvgIpc) is 3.13. The quantitative estimate of drug-likeness (QED) is 0.681. The molecule has 0 unspecified atom stereocenters. The summed E-state index contributed by atoms with van der Waals surface area (Å²) < 4.78 is 7.49. The number of halogens is 1. The van der Waals surface area contributed by atoms with Crippen LogP contribution in [0.3, 0.4) is 0 Å².